The largest absolute Gasteiger partial charge is 0.368 e. The molecule has 0 aromatic heterocycles. The van der Waals surface area contributed by atoms with E-state index in [0.717, 1.165) is 57.8 Å². The number of allylic oxidation sites excluding steroid dienone is 2. The smallest absolute Gasteiger partial charge is 0.165 e. The summed E-state index contributed by atoms with van der Waals surface area (Å²) >= 11 is 0. The molecule has 3 fully saturated rings. The molecule has 5 rings (SSSR count). The number of benzene rings is 2. The summed E-state index contributed by atoms with van der Waals surface area (Å²) in [4.78, 5) is 0. The SMILES string of the molecule is C/C=C/C1CCC(c2ccc(CCC3CCC(c4ccc(C5CO5)c(F)c4F)CC3)c(F)c2F)CC1. The summed E-state index contributed by atoms with van der Waals surface area (Å²) in [5.74, 6) is -1.82. The van der Waals surface area contributed by atoms with E-state index in [-0.39, 0.29) is 17.9 Å². The standard InChI is InChI=1S/C31H36F4O/c1-2-3-19-4-9-21(10-5-19)24-15-14-23(28(32)29(24)33)13-8-20-6-11-22(12-7-20)25-16-17-26(27-18-36-27)31(35)30(25)34/h2-3,14-17,19-22,27H,4-13,18H2,1H3/b3-2+. The molecule has 3 aliphatic rings. The molecule has 0 radical (unpaired) electrons. The average molecular weight is 501 g/mol. The van der Waals surface area contributed by atoms with Gasteiger partial charge < -0.3 is 4.74 Å². The Morgan fingerprint density at radius 1 is 0.722 bits per heavy atom. The Bertz CT molecular complexity index is 1090. The van der Waals surface area contributed by atoms with Crippen LogP contribution in [0.2, 0.25) is 0 Å². The third-order valence-electron chi connectivity index (χ3n) is 8.80. The lowest BCUT2D eigenvalue weighted by molar-refractivity contribution is 0.303. The lowest BCUT2D eigenvalue weighted by atomic mass is 9.76. The van der Waals surface area contributed by atoms with E-state index in [1.807, 2.05) is 6.92 Å². The molecule has 1 heterocycles. The van der Waals surface area contributed by atoms with Gasteiger partial charge in [0.15, 0.2) is 23.3 Å². The molecule has 1 nitrogen and oxygen atoms in total. The maximum absolute atomic E-state index is 15.0. The number of aryl methyl sites for hydroxylation is 1. The Hall–Kier alpha value is -2.14. The topological polar surface area (TPSA) is 12.5 Å². The second kappa shape index (κ2) is 11.1. The zero-order valence-corrected chi connectivity index (χ0v) is 21.0. The van der Waals surface area contributed by atoms with Crippen molar-refractivity contribution >= 4 is 0 Å². The number of epoxide rings is 1. The second-order valence-corrected chi connectivity index (χ2v) is 11.0. The lowest BCUT2D eigenvalue weighted by Gasteiger charge is -2.29. The number of halogens is 4. The number of hydrogen-bond acceptors (Lipinski definition) is 1. The molecule has 194 valence electrons. The van der Waals surface area contributed by atoms with E-state index in [9.17, 15) is 17.6 Å². The van der Waals surface area contributed by atoms with Crippen molar-refractivity contribution in [1.29, 1.82) is 0 Å². The third kappa shape index (κ3) is 5.41. The molecular formula is C31H36F4O. The Morgan fingerprint density at radius 3 is 1.86 bits per heavy atom. The van der Waals surface area contributed by atoms with E-state index in [4.69, 9.17) is 4.74 Å². The van der Waals surface area contributed by atoms with Crippen LogP contribution in [-0.2, 0) is 11.2 Å². The van der Waals surface area contributed by atoms with E-state index in [1.165, 1.54) is 0 Å². The third-order valence-corrected chi connectivity index (χ3v) is 8.80. The molecule has 1 unspecified atom stereocenters. The van der Waals surface area contributed by atoms with Crippen LogP contribution in [0.1, 0.15) is 105 Å². The minimum absolute atomic E-state index is 0.00120. The summed E-state index contributed by atoms with van der Waals surface area (Å²) in [6.45, 7) is 2.47. The number of rotatable bonds is 7. The Labute approximate surface area is 211 Å². The van der Waals surface area contributed by atoms with Crippen LogP contribution in [0, 0.1) is 35.1 Å². The van der Waals surface area contributed by atoms with Gasteiger partial charge in [-0.15, -0.1) is 0 Å². The van der Waals surface area contributed by atoms with Crippen molar-refractivity contribution in [1.82, 2.24) is 0 Å². The maximum atomic E-state index is 15.0. The Balaban J connectivity index is 1.14. The van der Waals surface area contributed by atoms with Crippen molar-refractivity contribution in [3.63, 3.8) is 0 Å². The summed E-state index contributed by atoms with van der Waals surface area (Å²) in [6.07, 6.45) is 12.5. The Kier molecular flexibility index (Phi) is 7.85. The number of ether oxygens (including phenoxy) is 1. The van der Waals surface area contributed by atoms with Crippen molar-refractivity contribution in [2.45, 2.75) is 89.1 Å². The fraction of sp³-hybridized carbons (Fsp3) is 0.548. The van der Waals surface area contributed by atoms with Crippen LogP contribution in [0.5, 0.6) is 0 Å². The van der Waals surface area contributed by atoms with Crippen LogP contribution >= 0.6 is 0 Å². The molecule has 0 N–H and O–H groups in total. The van der Waals surface area contributed by atoms with Gasteiger partial charge in [0.05, 0.1) is 6.61 Å². The van der Waals surface area contributed by atoms with Gasteiger partial charge in [0.2, 0.25) is 0 Å². The van der Waals surface area contributed by atoms with Gasteiger partial charge in [0.1, 0.15) is 6.10 Å². The van der Waals surface area contributed by atoms with E-state index in [0.29, 0.717) is 47.1 Å². The molecule has 2 saturated carbocycles. The molecule has 0 amide bonds. The fourth-order valence-corrected chi connectivity index (χ4v) is 6.50. The molecular weight excluding hydrogens is 464 g/mol. The van der Waals surface area contributed by atoms with Crippen molar-refractivity contribution in [2.75, 3.05) is 6.61 Å². The molecule has 2 aliphatic carbocycles. The summed E-state index contributed by atoms with van der Waals surface area (Å²) in [6, 6.07) is 6.96. The zero-order chi connectivity index (χ0) is 25.2. The normalized spacial score (nSPS) is 28.5. The first-order chi connectivity index (χ1) is 17.5. The molecule has 2 aromatic rings. The van der Waals surface area contributed by atoms with Gasteiger partial charge in [0, 0.05) is 5.56 Å². The van der Waals surface area contributed by atoms with Gasteiger partial charge in [-0.3, -0.25) is 0 Å². The van der Waals surface area contributed by atoms with Crippen LogP contribution in [-0.4, -0.2) is 6.61 Å². The number of hydrogen-bond donors (Lipinski definition) is 0. The first kappa shape index (κ1) is 25.5. The maximum Gasteiger partial charge on any atom is 0.165 e. The van der Waals surface area contributed by atoms with Gasteiger partial charge in [0.25, 0.3) is 0 Å². The molecule has 1 aliphatic heterocycles. The van der Waals surface area contributed by atoms with E-state index >= 15 is 0 Å². The highest BCUT2D eigenvalue weighted by Crippen LogP contribution is 2.42. The van der Waals surface area contributed by atoms with Crippen LogP contribution in [0.25, 0.3) is 0 Å². The molecule has 1 atom stereocenters. The van der Waals surface area contributed by atoms with Gasteiger partial charge in [-0.05, 0) is 111 Å². The van der Waals surface area contributed by atoms with Crippen LogP contribution in [0.3, 0.4) is 0 Å². The minimum Gasteiger partial charge on any atom is -0.368 e. The molecule has 0 spiro atoms. The van der Waals surface area contributed by atoms with Gasteiger partial charge in [-0.2, -0.15) is 0 Å². The molecule has 1 saturated heterocycles. The highest BCUT2D eigenvalue weighted by Gasteiger charge is 2.32. The van der Waals surface area contributed by atoms with Crippen molar-refractivity contribution in [3.05, 3.63) is 81.9 Å². The molecule has 36 heavy (non-hydrogen) atoms. The van der Waals surface area contributed by atoms with Crippen LogP contribution in [0.4, 0.5) is 17.6 Å². The predicted molar refractivity (Wildman–Crippen MR) is 134 cm³/mol. The quantitative estimate of drug-likeness (QED) is 0.210. The van der Waals surface area contributed by atoms with Gasteiger partial charge >= 0.3 is 0 Å². The Morgan fingerprint density at radius 2 is 1.25 bits per heavy atom. The summed E-state index contributed by atoms with van der Waals surface area (Å²) in [5, 5.41) is 0. The van der Waals surface area contributed by atoms with Crippen LogP contribution < -0.4 is 0 Å². The molecule has 2 aromatic carbocycles. The van der Waals surface area contributed by atoms with Crippen molar-refractivity contribution < 1.29 is 22.3 Å². The first-order valence-electron chi connectivity index (χ1n) is 13.6. The highest BCUT2D eigenvalue weighted by molar-refractivity contribution is 5.32. The first-order valence-corrected chi connectivity index (χ1v) is 13.6. The van der Waals surface area contributed by atoms with Gasteiger partial charge in [-0.1, -0.05) is 36.4 Å². The summed E-state index contributed by atoms with van der Waals surface area (Å²) < 4.78 is 64.2. The second-order valence-electron chi connectivity index (χ2n) is 11.0. The van der Waals surface area contributed by atoms with E-state index in [2.05, 4.69) is 12.2 Å². The summed E-state index contributed by atoms with van der Waals surface area (Å²) in [5.41, 5.74) is 1.75. The van der Waals surface area contributed by atoms with Gasteiger partial charge in [-0.25, -0.2) is 17.6 Å². The molecule has 5 heteroatoms. The van der Waals surface area contributed by atoms with E-state index in [1.54, 1.807) is 24.3 Å². The average Bonchev–Trinajstić information content (AvgIpc) is 3.73. The van der Waals surface area contributed by atoms with Crippen LogP contribution in [0.15, 0.2) is 36.4 Å². The molecule has 0 bridgehead atoms. The summed E-state index contributed by atoms with van der Waals surface area (Å²) in [7, 11) is 0. The zero-order valence-electron chi connectivity index (χ0n) is 21.0. The highest BCUT2D eigenvalue weighted by atomic mass is 19.2. The minimum atomic E-state index is -0.774. The van der Waals surface area contributed by atoms with Crippen molar-refractivity contribution in [3.8, 4) is 0 Å². The predicted octanol–water partition coefficient (Wildman–Crippen LogP) is 9.07. The monoisotopic (exact) mass is 500 g/mol. The lowest BCUT2D eigenvalue weighted by Crippen LogP contribution is -2.16. The van der Waals surface area contributed by atoms with E-state index < -0.39 is 23.3 Å². The fourth-order valence-electron chi connectivity index (χ4n) is 6.50. The van der Waals surface area contributed by atoms with Crippen molar-refractivity contribution in [2.24, 2.45) is 11.8 Å².